The van der Waals surface area contributed by atoms with Gasteiger partial charge < -0.3 is 23.7 Å². The summed E-state index contributed by atoms with van der Waals surface area (Å²) in [6, 6.07) is 17.4. The van der Waals surface area contributed by atoms with E-state index >= 15 is 0 Å². The molecule has 2 aliphatic rings. The van der Waals surface area contributed by atoms with Crippen LogP contribution >= 0.6 is 0 Å². The molecule has 4 rings (SSSR count). The van der Waals surface area contributed by atoms with Gasteiger partial charge in [-0.25, -0.2) is 4.79 Å². The first-order valence-electron chi connectivity index (χ1n) is 13.8. The first kappa shape index (κ1) is 30.5. The lowest BCUT2D eigenvalue weighted by molar-refractivity contribution is -0.234. The van der Waals surface area contributed by atoms with E-state index in [0.29, 0.717) is 5.56 Å². The summed E-state index contributed by atoms with van der Waals surface area (Å²) in [7, 11) is 1.57. The summed E-state index contributed by atoms with van der Waals surface area (Å²) < 4.78 is 30.3. The molecular weight excluding hydrogens is 492 g/mol. The minimum Gasteiger partial charge on any atom is -0.451 e. The number of hydrogen-bond acceptors (Lipinski definition) is 6. The van der Waals surface area contributed by atoms with Crippen molar-refractivity contribution in [3.05, 3.63) is 96.1 Å². The third-order valence-electron chi connectivity index (χ3n) is 6.39. The van der Waals surface area contributed by atoms with E-state index in [-0.39, 0.29) is 0 Å². The highest BCUT2D eigenvalue weighted by atomic mass is 16.8. The minimum absolute atomic E-state index is 0.436. The summed E-state index contributed by atoms with van der Waals surface area (Å²) in [4.78, 5) is 13.4. The Bertz CT molecular complexity index is 1130. The summed E-state index contributed by atoms with van der Waals surface area (Å²) in [5.41, 5.74) is 3.35. The van der Waals surface area contributed by atoms with Crippen molar-refractivity contribution < 1.29 is 28.5 Å². The number of carbonyl (C=O) groups excluding carboxylic acids is 1. The van der Waals surface area contributed by atoms with Crippen LogP contribution in [-0.2, 0) is 23.7 Å². The van der Waals surface area contributed by atoms with Crippen molar-refractivity contribution in [3.8, 4) is 11.1 Å². The lowest BCUT2D eigenvalue weighted by Crippen LogP contribution is -2.42. The number of methoxy groups -OCH3 is 1. The molecular formula is C33H42O6. The number of carbonyl (C=O) groups is 1. The van der Waals surface area contributed by atoms with Gasteiger partial charge in [-0.3, -0.25) is 0 Å². The molecule has 5 atom stereocenters. The lowest BCUT2D eigenvalue weighted by atomic mass is 9.97. The Morgan fingerprint density at radius 1 is 1.00 bits per heavy atom. The number of benzene rings is 2. The second kappa shape index (κ2) is 14.4. The number of hydrogen-bond donors (Lipinski definition) is 0. The van der Waals surface area contributed by atoms with E-state index in [1.54, 1.807) is 19.2 Å². The summed E-state index contributed by atoms with van der Waals surface area (Å²) >= 11 is 0. The van der Waals surface area contributed by atoms with Gasteiger partial charge in [0.05, 0.1) is 5.56 Å². The van der Waals surface area contributed by atoms with Gasteiger partial charge in [0.2, 0.25) is 0 Å². The average Bonchev–Trinajstić information content (AvgIpc) is 3.45. The molecule has 0 spiro atoms. The monoisotopic (exact) mass is 534 g/mol. The molecule has 2 saturated heterocycles. The third kappa shape index (κ3) is 7.55. The van der Waals surface area contributed by atoms with Gasteiger partial charge in [0, 0.05) is 7.11 Å². The van der Waals surface area contributed by atoms with Gasteiger partial charge in [-0.2, -0.15) is 0 Å². The SMILES string of the molecule is CC.C\C=C/C(=C\C=C/CC)C(OC(=O)c1ccc(-c2ccccc2)cc1)C1OC(OC)C2OC(C)(C)OC21. The first-order valence-corrected chi connectivity index (χ1v) is 13.8. The van der Waals surface area contributed by atoms with E-state index < -0.39 is 42.5 Å². The van der Waals surface area contributed by atoms with Gasteiger partial charge in [-0.05, 0) is 56.0 Å². The molecule has 2 aromatic carbocycles. The zero-order valence-electron chi connectivity index (χ0n) is 24.1. The first-order chi connectivity index (χ1) is 18.9. The maximum atomic E-state index is 13.4. The molecule has 2 aliphatic heterocycles. The fraction of sp³-hybridized carbons (Fsp3) is 0.424. The summed E-state index contributed by atoms with van der Waals surface area (Å²) in [5.74, 6) is -1.25. The quantitative estimate of drug-likeness (QED) is 0.249. The van der Waals surface area contributed by atoms with Crippen molar-refractivity contribution in [3.63, 3.8) is 0 Å². The molecule has 0 amide bonds. The molecule has 2 heterocycles. The van der Waals surface area contributed by atoms with Gasteiger partial charge in [0.25, 0.3) is 0 Å². The van der Waals surface area contributed by atoms with E-state index in [1.807, 2.05) is 107 Å². The van der Waals surface area contributed by atoms with Gasteiger partial charge >= 0.3 is 5.97 Å². The van der Waals surface area contributed by atoms with E-state index in [0.717, 1.165) is 23.1 Å². The van der Waals surface area contributed by atoms with Crippen molar-refractivity contribution in [2.75, 3.05) is 7.11 Å². The van der Waals surface area contributed by atoms with E-state index in [1.165, 1.54) is 0 Å². The minimum atomic E-state index is -0.803. The molecule has 6 heteroatoms. The summed E-state index contributed by atoms with van der Waals surface area (Å²) in [6.45, 7) is 11.7. The predicted octanol–water partition coefficient (Wildman–Crippen LogP) is 7.27. The summed E-state index contributed by atoms with van der Waals surface area (Å²) in [6.07, 6.45) is 7.76. The Kier molecular flexibility index (Phi) is 11.3. The van der Waals surface area contributed by atoms with Crippen LogP contribution in [0.15, 0.2) is 90.6 Å². The fourth-order valence-corrected chi connectivity index (χ4v) is 4.72. The topological polar surface area (TPSA) is 63.2 Å². The number of esters is 1. The smallest absolute Gasteiger partial charge is 0.338 e. The van der Waals surface area contributed by atoms with Crippen LogP contribution < -0.4 is 0 Å². The van der Waals surface area contributed by atoms with Crippen LogP contribution in [0, 0.1) is 0 Å². The van der Waals surface area contributed by atoms with E-state index in [4.69, 9.17) is 23.7 Å². The lowest BCUT2D eigenvalue weighted by Gasteiger charge is -2.29. The molecule has 2 fully saturated rings. The van der Waals surface area contributed by atoms with Crippen LogP contribution in [0.3, 0.4) is 0 Å². The molecule has 0 aromatic heterocycles. The van der Waals surface area contributed by atoms with Crippen LogP contribution in [0.1, 0.15) is 58.3 Å². The van der Waals surface area contributed by atoms with Gasteiger partial charge in [-0.1, -0.05) is 93.6 Å². The zero-order chi connectivity index (χ0) is 28.4. The Labute approximate surface area is 233 Å². The molecule has 0 saturated carbocycles. The summed E-state index contributed by atoms with van der Waals surface area (Å²) in [5, 5.41) is 0. The van der Waals surface area contributed by atoms with Crippen LogP contribution in [0.25, 0.3) is 11.1 Å². The standard InChI is InChI=1S/C31H36O6.C2H6/c1-6-8-10-16-23(13-7-2)25(26-27-28(30(33-5)35-26)37-31(3,4)36-27)34-29(32)24-19-17-22(18-20-24)21-14-11-9-12-15-21;1-2/h7-20,25-28,30H,6H2,1-5H3;1-2H3/b10-8-,13-7-,23-16+;. The van der Waals surface area contributed by atoms with E-state index in [2.05, 4.69) is 6.92 Å². The maximum Gasteiger partial charge on any atom is 0.338 e. The molecule has 6 nitrogen and oxygen atoms in total. The number of allylic oxidation sites excluding steroid dienone is 4. The zero-order valence-corrected chi connectivity index (χ0v) is 24.1. The highest BCUT2D eigenvalue weighted by molar-refractivity contribution is 5.90. The number of rotatable bonds is 9. The predicted molar refractivity (Wildman–Crippen MR) is 154 cm³/mol. The van der Waals surface area contributed by atoms with Gasteiger partial charge in [0.1, 0.15) is 18.3 Å². The fourth-order valence-electron chi connectivity index (χ4n) is 4.72. The van der Waals surface area contributed by atoms with Crippen molar-refractivity contribution in [1.82, 2.24) is 0 Å². The molecule has 2 aromatic rings. The Morgan fingerprint density at radius 2 is 1.64 bits per heavy atom. The largest absolute Gasteiger partial charge is 0.451 e. The Morgan fingerprint density at radius 3 is 2.26 bits per heavy atom. The Balaban J connectivity index is 0.00000205. The van der Waals surface area contributed by atoms with Crippen LogP contribution in [0.4, 0.5) is 0 Å². The van der Waals surface area contributed by atoms with Gasteiger partial charge in [-0.15, -0.1) is 0 Å². The third-order valence-corrected chi connectivity index (χ3v) is 6.39. The maximum absolute atomic E-state index is 13.4. The number of ether oxygens (including phenoxy) is 5. The normalized spacial score (nSPS) is 24.8. The van der Waals surface area contributed by atoms with Crippen LogP contribution in [0.2, 0.25) is 0 Å². The van der Waals surface area contributed by atoms with E-state index in [9.17, 15) is 4.79 Å². The molecule has 5 unspecified atom stereocenters. The molecule has 0 bridgehead atoms. The second-order valence-electron chi connectivity index (χ2n) is 9.54. The molecule has 0 N–H and O–H groups in total. The van der Waals surface area contributed by atoms with Crippen molar-refractivity contribution >= 4 is 5.97 Å². The molecule has 0 radical (unpaired) electrons. The molecule has 210 valence electrons. The van der Waals surface area contributed by atoms with Crippen molar-refractivity contribution in [2.45, 2.75) is 84.5 Å². The Hall–Kier alpha value is -3.03. The highest BCUT2D eigenvalue weighted by Crippen LogP contribution is 2.42. The number of fused-ring (bicyclic) bond motifs is 1. The average molecular weight is 535 g/mol. The van der Waals surface area contributed by atoms with Crippen molar-refractivity contribution in [1.29, 1.82) is 0 Å². The second-order valence-corrected chi connectivity index (χ2v) is 9.54. The molecule has 0 aliphatic carbocycles. The molecule has 39 heavy (non-hydrogen) atoms. The highest BCUT2D eigenvalue weighted by Gasteiger charge is 2.58. The van der Waals surface area contributed by atoms with Gasteiger partial charge in [0.15, 0.2) is 18.2 Å². The van der Waals surface area contributed by atoms with Crippen LogP contribution in [-0.4, -0.2) is 49.6 Å². The van der Waals surface area contributed by atoms with Crippen molar-refractivity contribution in [2.24, 2.45) is 0 Å². The van der Waals surface area contributed by atoms with Crippen LogP contribution in [0.5, 0.6) is 0 Å².